The van der Waals surface area contributed by atoms with Crippen LogP contribution in [0.25, 0.3) is 5.69 Å². The third kappa shape index (κ3) is 2.22. The SMILES string of the molecule is CCn1ncc2c1NC(=O)CC2c1cccn1-c1ccccc1F. The Morgan fingerprint density at radius 1 is 1.29 bits per heavy atom. The average molecular weight is 324 g/mol. The zero-order valence-corrected chi connectivity index (χ0v) is 13.2. The van der Waals surface area contributed by atoms with Gasteiger partial charge in [0, 0.05) is 36.3 Å². The Morgan fingerprint density at radius 3 is 2.92 bits per heavy atom. The van der Waals surface area contributed by atoms with Gasteiger partial charge in [0.1, 0.15) is 11.6 Å². The van der Waals surface area contributed by atoms with Gasteiger partial charge in [0.2, 0.25) is 5.91 Å². The number of aromatic nitrogens is 3. The number of rotatable bonds is 3. The molecular formula is C18H17FN4O. The largest absolute Gasteiger partial charge is 0.318 e. The highest BCUT2D eigenvalue weighted by Gasteiger charge is 2.31. The van der Waals surface area contributed by atoms with Gasteiger partial charge in [-0.3, -0.25) is 4.79 Å². The van der Waals surface area contributed by atoms with Crippen molar-refractivity contribution in [3.05, 3.63) is 65.9 Å². The first-order chi connectivity index (χ1) is 11.7. The van der Waals surface area contributed by atoms with E-state index in [4.69, 9.17) is 0 Å². The highest BCUT2D eigenvalue weighted by Crippen LogP contribution is 2.38. The Bertz CT molecular complexity index is 911. The molecule has 122 valence electrons. The van der Waals surface area contributed by atoms with Crippen molar-refractivity contribution in [3.8, 4) is 5.69 Å². The monoisotopic (exact) mass is 324 g/mol. The average Bonchev–Trinajstić information content (AvgIpc) is 3.21. The molecule has 1 unspecified atom stereocenters. The first kappa shape index (κ1) is 14.7. The molecule has 0 bridgehead atoms. The number of nitrogens with zero attached hydrogens (tertiary/aromatic N) is 3. The smallest absolute Gasteiger partial charge is 0.226 e. The van der Waals surface area contributed by atoms with E-state index in [1.54, 1.807) is 29.1 Å². The molecule has 1 aliphatic rings. The van der Waals surface area contributed by atoms with Crippen LogP contribution in [0.4, 0.5) is 10.2 Å². The van der Waals surface area contributed by atoms with Crippen molar-refractivity contribution < 1.29 is 9.18 Å². The number of hydrogen-bond donors (Lipinski definition) is 1. The quantitative estimate of drug-likeness (QED) is 0.803. The van der Waals surface area contributed by atoms with E-state index in [0.29, 0.717) is 18.7 Å². The molecule has 4 rings (SSSR count). The van der Waals surface area contributed by atoms with Gasteiger partial charge >= 0.3 is 0 Å². The molecule has 1 atom stereocenters. The summed E-state index contributed by atoms with van der Waals surface area (Å²) in [5.41, 5.74) is 2.33. The van der Waals surface area contributed by atoms with Crippen molar-refractivity contribution in [2.45, 2.75) is 25.8 Å². The van der Waals surface area contributed by atoms with Crippen LogP contribution in [0.1, 0.15) is 30.5 Å². The second kappa shape index (κ2) is 5.63. The van der Waals surface area contributed by atoms with E-state index in [1.807, 2.05) is 29.8 Å². The lowest BCUT2D eigenvalue weighted by atomic mass is 9.91. The van der Waals surface area contributed by atoms with Crippen LogP contribution in [0, 0.1) is 5.82 Å². The number of halogens is 1. The fraction of sp³-hybridized carbons (Fsp3) is 0.222. The molecule has 0 saturated heterocycles. The van der Waals surface area contributed by atoms with Crippen LogP contribution in [0.15, 0.2) is 48.8 Å². The van der Waals surface area contributed by atoms with Gasteiger partial charge in [-0.1, -0.05) is 12.1 Å². The van der Waals surface area contributed by atoms with Crippen molar-refractivity contribution in [1.29, 1.82) is 0 Å². The highest BCUT2D eigenvalue weighted by molar-refractivity contribution is 5.94. The van der Waals surface area contributed by atoms with Crippen LogP contribution in [-0.2, 0) is 11.3 Å². The summed E-state index contributed by atoms with van der Waals surface area (Å²) in [6, 6.07) is 10.4. The number of para-hydroxylation sites is 1. The molecule has 3 aromatic rings. The zero-order chi connectivity index (χ0) is 16.7. The van der Waals surface area contributed by atoms with E-state index in [9.17, 15) is 9.18 Å². The molecule has 0 fully saturated rings. The van der Waals surface area contributed by atoms with Gasteiger partial charge in [0.25, 0.3) is 0 Å². The predicted molar refractivity (Wildman–Crippen MR) is 88.7 cm³/mol. The van der Waals surface area contributed by atoms with Crippen LogP contribution < -0.4 is 5.32 Å². The summed E-state index contributed by atoms with van der Waals surface area (Å²) < 4.78 is 17.8. The van der Waals surface area contributed by atoms with Crippen LogP contribution in [0.3, 0.4) is 0 Å². The summed E-state index contributed by atoms with van der Waals surface area (Å²) >= 11 is 0. The Labute approximate surface area is 138 Å². The Kier molecular flexibility index (Phi) is 3.45. The van der Waals surface area contributed by atoms with Gasteiger partial charge in [-0.2, -0.15) is 5.10 Å². The summed E-state index contributed by atoms with van der Waals surface area (Å²) in [6.45, 7) is 2.65. The minimum atomic E-state index is -0.292. The maximum absolute atomic E-state index is 14.2. The van der Waals surface area contributed by atoms with Gasteiger partial charge in [0.05, 0.1) is 11.9 Å². The molecule has 6 heteroatoms. The number of carbonyl (C=O) groups is 1. The van der Waals surface area contributed by atoms with Gasteiger partial charge in [-0.05, 0) is 31.2 Å². The fourth-order valence-electron chi connectivity index (χ4n) is 3.32. The summed E-state index contributed by atoms with van der Waals surface area (Å²) in [6.07, 6.45) is 3.94. The van der Waals surface area contributed by atoms with Gasteiger partial charge in [-0.15, -0.1) is 0 Å². The highest BCUT2D eigenvalue weighted by atomic mass is 19.1. The standard InChI is InChI=1S/C18H17FN4O/c1-2-23-18-13(11-20-23)12(10-17(24)21-18)15-8-5-9-22(15)16-7-4-3-6-14(16)19/h3-9,11-12H,2,10H2,1H3,(H,21,24). The van der Waals surface area contributed by atoms with Crippen molar-refractivity contribution in [2.24, 2.45) is 0 Å². The van der Waals surface area contributed by atoms with E-state index in [0.717, 1.165) is 17.1 Å². The summed E-state index contributed by atoms with van der Waals surface area (Å²) in [7, 11) is 0. The number of anilines is 1. The lowest BCUT2D eigenvalue weighted by Gasteiger charge is -2.25. The molecular weight excluding hydrogens is 307 g/mol. The molecule has 0 spiro atoms. The van der Waals surface area contributed by atoms with E-state index in [1.165, 1.54) is 6.07 Å². The molecule has 1 N–H and O–H groups in total. The van der Waals surface area contributed by atoms with Crippen LogP contribution >= 0.6 is 0 Å². The van der Waals surface area contributed by atoms with Crippen molar-refractivity contribution >= 4 is 11.7 Å². The third-order valence-corrected chi connectivity index (χ3v) is 4.44. The molecule has 5 nitrogen and oxygen atoms in total. The Hall–Kier alpha value is -2.89. The van der Waals surface area contributed by atoms with Crippen LogP contribution in [0.2, 0.25) is 0 Å². The molecule has 1 aliphatic heterocycles. The minimum absolute atomic E-state index is 0.0519. The van der Waals surface area contributed by atoms with Crippen molar-refractivity contribution in [3.63, 3.8) is 0 Å². The molecule has 0 saturated carbocycles. The molecule has 0 radical (unpaired) electrons. The van der Waals surface area contributed by atoms with E-state index in [-0.39, 0.29) is 17.6 Å². The summed E-state index contributed by atoms with van der Waals surface area (Å²) in [4.78, 5) is 12.2. The van der Waals surface area contributed by atoms with Crippen LogP contribution in [0.5, 0.6) is 0 Å². The van der Waals surface area contributed by atoms with Gasteiger partial charge < -0.3 is 9.88 Å². The fourth-order valence-corrected chi connectivity index (χ4v) is 3.32. The lowest BCUT2D eigenvalue weighted by molar-refractivity contribution is -0.116. The molecule has 1 aromatic carbocycles. The molecule has 1 amide bonds. The topological polar surface area (TPSA) is 51.9 Å². The van der Waals surface area contributed by atoms with Gasteiger partial charge in [0.15, 0.2) is 0 Å². The predicted octanol–water partition coefficient (Wildman–Crippen LogP) is 3.31. The number of benzene rings is 1. The number of aryl methyl sites for hydroxylation is 1. The molecule has 2 aromatic heterocycles. The number of nitrogens with one attached hydrogen (secondary N) is 1. The maximum atomic E-state index is 14.2. The Balaban J connectivity index is 1.84. The van der Waals surface area contributed by atoms with E-state index < -0.39 is 0 Å². The van der Waals surface area contributed by atoms with E-state index >= 15 is 0 Å². The number of amides is 1. The van der Waals surface area contributed by atoms with Crippen LogP contribution in [-0.4, -0.2) is 20.3 Å². The second-order valence-corrected chi connectivity index (χ2v) is 5.82. The first-order valence-electron chi connectivity index (χ1n) is 7.96. The van der Waals surface area contributed by atoms with Crippen molar-refractivity contribution in [2.75, 3.05) is 5.32 Å². The second-order valence-electron chi connectivity index (χ2n) is 5.82. The molecule has 3 heterocycles. The lowest BCUT2D eigenvalue weighted by Crippen LogP contribution is -2.25. The number of fused-ring (bicyclic) bond motifs is 1. The number of hydrogen-bond acceptors (Lipinski definition) is 2. The molecule has 0 aliphatic carbocycles. The summed E-state index contributed by atoms with van der Waals surface area (Å²) in [5.74, 6) is 0.243. The minimum Gasteiger partial charge on any atom is -0.318 e. The van der Waals surface area contributed by atoms with Crippen molar-refractivity contribution in [1.82, 2.24) is 14.3 Å². The zero-order valence-electron chi connectivity index (χ0n) is 13.2. The van der Waals surface area contributed by atoms with Gasteiger partial charge in [-0.25, -0.2) is 9.07 Å². The first-order valence-corrected chi connectivity index (χ1v) is 7.96. The molecule has 24 heavy (non-hydrogen) atoms. The Morgan fingerprint density at radius 2 is 2.12 bits per heavy atom. The van der Waals surface area contributed by atoms with E-state index in [2.05, 4.69) is 10.4 Å². The third-order valence-electron chi connectivity index (χ3n) is 4.44. The summed E-state index contributed by atoms with van der Waals surface area (Å²) in [5, 5.41) is 7.25. The number of carbonyl (C=O) groups excluding carboxylic acids is 1. The maximum Gasteiger partial charge on any atom is 0.226 e. The normalized spacial score (nSPS) is 16.8.